The van der Waals surface area contributed by atoms with Crippen LogP contribution in [0.25, 0.3) is 11.4 Å². The van der Waals surface area contributed by atoms with Crippen LogP contribution in [0.3, 0.4) is 0 Å². The highest BCUT2D eigenvalue weighted by atomic mass is 79.9. The summed E-state index contributed by atoms with van der Waals surface area (Å²) in [7, 11) is 0. The SMILES string of the molecule is CCOC(=O)c1nc(-c2cccc(Br)c2)n(Cc2ccccc2)n1. The fraction of sp³-hybridized carbons (Fsp3) is 0.167. The predicted molar refractivity (Wildman–Crippen MR) is 94.7 cm³/mol. The zero-order valence-corrected chi connectivity index (χ0v) is 14.7. The van der Waals surface area contributed by atoms with E-state index in [9.17, 15) is 4.79 Å². The van der Waals surface area contributed by atoms with Crippen molar-refractivity contribution in [2.24, 2.45) is 0 Å². The Hall–Kier alpha value is -2.47. The van der Waals surface area contributed by atoms with E-state index in [2.05, 4.69) is 26.0 Å². The first kappa shape index (κ1) is 16.4. The number of aromatic nitrogens is 3. The standard InChI is InChI=1S/C18H16BrN3O2/c1-2-24-18(23)16-20-17(14-9-6-10-15(19)11-14)22(21-16)12-13-7-4-3-5-8-13/h3-11H,2,12H2,1H3. The van der Waals surface area contributed by atoms with Crippen LogP contribution >= 0.6 is 15.9 Å². The molecule has 0 spiro atoms. The summed E-state index contributed by atoms with van der Waals surface area (Å²) in [5.74, 6) is 0.187. The van der Waals surface area contributed by atoms with Gasteiger partial charge in [0.15, 0.2) is 5.82 Å². The van der Waals surface area contributed by atoms with Crippen LogP contribution in [-0.2, 0) is 11.3 Å². The van der Waals surface area contributed by atoms with Crippen molar-refractivity contribution in [1.29, 1.82) is 0 Å². The molecule has 3 aromatic rings. The van der Waals surface area contributed by atoms with E-state index in [0.717, 1.165) is 15.6 Å². The first-order chi connectivity index (χ1) is 11.7. The average Bonchev–Trinajstić information content (AvgIpc) is 3.00. The van der Waals surface area contributed by atoms with Crippen molar-refractivity contribution in [1.82, 2.24) is 14.8 Å². The van der Waals surface area contributed by atoms with Gasteiger partial charge >= 0.3 is 5.97 Å². The van der Waals surface area contributed by atoms with E-state index < -0.39 is 5.97 Å². The summed E-state index contributed by atoms with van der Waals surface area (Å²) in [5.41, 5.74) is 1.96. The number of hydrogen-bond donors (Lipinski definition) is 0. The molecule has 0 fully saturated rings. The van der Waals surface area contributed by atoms with Gasteiger partial charge in [-0.25, -0.2) is 14.5 Å². The Kier molecular flexibility index (Phi) is 5.05. The van der Waals surface area contributed by atoms with Gasteiger partial charge in [-0.2, -0.15) is 0 Å². The van der Waals surface area contributed by atoms with Gasteiger partial charge in [-0.1, -0.05) is 58.4 Å². The zero-order valence-electron chi connectivity index (χ0n) is 13.1. The average molecular weight is 386 g/mol. The molecule has 0 atom stereocenters. The molecule has 0 saturated heterocycles. The van der Waals surface area contributed by atoms with Crippen LogP contribution in [0.1, 0.15) is 23.1 Å². The van der Waals surface area contributed by atoms with Gasteiger partial charge in [-0.3, -0.25) is 0 Å². The van der Waals surface area contributed by atoms with Crippen molar-refractivity contribution in [3.8, 4) is 11.4 Å². The van der Waals surface area contributed by atoms with Crippen LogP contribution in [0.5, 0.6) is 0 Å². The molecule has 0 aliphatic carbocycles. The Labute approximate surface area is 148 Å². The molecule has 6 heteroatoms. The highest BCUT2D eigenvalue weighted by molar-refractivity contribution is 9.10. The lowest BCUT2D eigenvalue weighted by Gasteiger charge is -2.06. The normalized spacial score (nSPS) is 10.6. The highest BCUT2D eigenvalue weighted by Gasteiger charge is 2.18. The van der Waals surface area contributed by atoms with Gasteiger partial charge in [0.1, 0.15) is 0 Å². The fourth-order valence-electron chi connectivity index (χ4n) is 2.33. The molecule has 0 radical (unpaired) electrons. The lowest BCUT2D eigenvalue weighted by atomic mass is 10.2. The van der Waals surface area contributed by atoms with Gasteiger partial charge in [-0.05, 0) is 24.6 Å². The molecule has 1 heterocycles. The minimum atomic E-state index is -0.513. The molecule has 122 valence electrons. The molecule has 3 rings (SSSR count). The molecule has 0 aliphatic heterocycles. The summed E-state index contributed by atoms with van der Waals surface area (Å²) in [6, 6.07) is 17.7. The number of halogens is 1. The lowest BCUT2D eigenvalue weighted by molar-refractivity contribution is 0.0512. The van der Waals surface area contributed by atoms with Gasteiger partial charge < -0.3 is 4.74 Å². The maximum absolute atomic E-state index is 12.0. The summed E-state index contributed by atoms with van der Waals surface area (Å²) >= 11 is 3.46. The van der Waals surface area contributed by atoms with Crippen molar-refractivity contribution in [2.75, 3.05) is 6.61 Å². The molecule has 0 bridgehead atoms. The minimum Gasteiger partial charge on any atom is -0.460 e. The summed E-state index contributed by atoms with van der Waals surface area (Å²) < 4.78 is 7.68. The smallest absolute Gasteiger partial charge is 0.378 e. The van der Waals surface area contributed by atoms with Gasteiger partial charge in [0.05, 0.1) is 13.2 Å². The van der Waals surface area contributed by atoms with Crippen molar-refractivity contribution >= 4 is 21.9 Å². The molecule has 0 amide bonds. The van der Waals surface area contributed by atoms with E-state index in [-0.39, 0.29) is 12.4 Å². The molecule has 24 heavy (non-hydrogen) atoms. The monoisotopic (exact) mass is 385 g/mol. The van der Waals surface area contributed by atoms with Crippen molar-refractivity contribution in [3.63, 3.8) is 0 Å². The van der Waals surface area contributed by atoms with Crippen LogP contribution in [0, 0.1) is 0 Å². The number of nitrogens with zero attached hydrogens (tertiary/aromatic N) is 3. The predicted octanol–water partition coefficient (Wildman–Crippen LogP) is 3.93. The number of esters is 1. The number of hydrogen-bond acceptors (Lipinski definition) is 4. The fourth-order valence-corrected chi connectivity index (χ4v) is 2.73. The first-order valence-corrected chi connectivity index (χ1v) is 8.38. The molecule has 0 N–H and O–H groups in total. The largest absolute Gasteiger partial charge is 0.460 e. The Bertz CT molecular complexity index is 846. The molecular weight excluding hydrogens is 370 g/mol. The third kappa shape index (κ3) is 3.71. The van der Waals surface area contributed by atoms with Crippen LogP contribution in [-0.4, -0.2) is 27.3 Å². The molecule has 0 saturated carbocycles. The van der Waals surface area contributed by atoms with Gasteiger partial charge in [0.2, 0.25) is 0 Å². The van der Waals surface area contributed by atoms with E-state index in [4.69, 9.17) is 4.74 Å². The van der Waals surface area contributed by atoms with E-state index in [1.165, 1.54) is 0 Å². The number of benzene rings is 2. The van der Waals surface area contributed by atoms with Crippen LogP contribution in [0.15, 0.2) is 59.1 Å². The molecular formula is C18H16BrN3O2. The van der Waals surface area contributed by atoms with Crippen LogP contribution in [0.4, 0.5) is 0 Å². The maximum atomic E-state index is 12.0. The number of carbonyl (C=O) groups is 1. The topological polar surface area (TPSA) is 57.0 Å². The maximum Gasteiger partial charge on any atom is 0.378 e. The van der Waals surface area contributed by atoms with E-state index >= 15 is 0 Å². The van der Waals surface area contributed by atoms with Crippen molar-refractivity contribution in [3.05, 3.63) is 70.5 Å². The molecule has 0 unspecified atom stereocenters. The zero-order chi connectivity index (χ0) is 16.9. The Balaban J connectivity index is 2.03. The van der Waals surface area contributed by atoms with Crippen molar-refractivity contribution in [2.45, 2.75) is 13.5 Å². The second-order valence-electron chi connectivity index (χ2n) is 5.13. The summed E-state index contributed by atoms with van der Waals surface area (Å²) in [6.07, 6.45) is 0. The number of rotatable bonds is 5. The van der Waals surface area contributed by atoms with E-state index in [1.807, 2.05) is 54.6 Å². The molecule has 1 aromatic heterocycles. The Morgan fingerprint density at radius 3 is 2.67 bits per heavy atom. The Morgan fingerprint density at radius 1 is 1.17 bits per heavy atom. The van der Waals surface area contributed by atoms with E-state index in [1.54, 1.807) is 11.6 Å². The van der Waals surface area contributed by atoms with Gasteiger partial charge in [0.25, 0.3) is 5.82 Å². The second kappa shape index (κ2) is 7.40. The first-order valence-electron chi connectivity index (χ1n) is 7.59. The lowest BCUT2D eigenvalue weighted by Crippen LogP contribution is -2.08. The third-order valence-corrected chi connectivity index (χ3v) is 3.88. The van der Waals surface area contributed by atoms with Crippen LogP contribution in [0.2, 0.25) is 0 Å². The summed E-state index contributed by atoms with van der Waals surface area (Å²) in [6.45, 7) is 2.57. The Morgan fingerprint density at radius 2 is 1.96 bits per heavy atom. The van der Waals surface area contributed by atoms with E-state index in [0.29, 0.717) is 12.4 Å². The van der Waals surface area contributed by atoms with Gasteiger partial charge in [0, 0.05) is 10.0 Å². The highest BCUT2D eigenvalue weighted by Crippen LogP contribution is 2.22. The molecule has 5 nitrogen and oxygen atoms in total. The van der Waals surface area contributed by atoms with Crippen molar-refractivity contribution < 1.29 is 9.53 Å². The molecule has 0 aliphatic rings. The number of carbonyl (C=O) groups excluding carboxylic acids is 1. The summed E-state index contributed by atoms with van der Waals surface area (Å²) in [5, 5.41) is 4.35. The summed E-state index contributed by atoms with van der Waals surface area (Å²) in [4.78, 5) is 16.4. The number of ether oxygens (including phenoxy) is 1. The van der Waals surface area contributed by atoms with Crippen LogP contribution < -0.4 is 0 Å². The molecule has 2 aromatic carbocycles. The quantitative estimate of drug-likeness (QED) is 0.624. The van der Waals surface area contributed by atoms with Gasteiger partial charge in [-0.15, -0.1) is 5.10 Å². The third-order valence-electron chi connectivity index (χ3n) is 3.39. The minimum absolute atomic E-state index is 0.0720. The second-order valence-corrected chi connectivity index (χ2v) is 6.05.